The van der Waals surface area contributed by atoms with Crippen molar-refractivity contribution in [1.29, 1.82) is 0 Å². The molecule has 0 spiro atoms. The number of piperidine rings is 1. The zero-order chi connectivity index (χ0) is 29.8. The Morgan fingerprint density at radius 1 is 1.15 bits per heavy atom. The Balaban J connectivity index is 1.66. The molecule has 0 radical (unpaired) electrons. The number of amides is 2. The minimum absolute atomic E-state index is 0.00733. The number of halogens is 2. The second-order valence-corrected chi connectivity index (χ2v) is 11.7. The third-order valence-corrected chi connectivity index (χ3v) is 7.93. The molecule has 6 N–H and O–H groups in total. The molecule has 2 aromatic rings. The highest BCUT2D eigenvalue weighted by molar-refractivity contribution is 9.10. The Hall–Kier alpha value is -2.36. The van der Waals surface area contributed by atoms with E-state index in [9.17, 15) is 30.0 Å². The molecule has 0 bridgehead atoms. The number of hydrogen-bond donors (Lipinski definition) is 6. The van der Waals surface area contributed by atoms with Gasteiger partial charge in [-0.3, -0.25) is 9.59 Å². The van der Waals surface area contributed by atoms with Crippen molar-refractivity contribution in [3.63, 3.8) is 0 Å². The summed E-state index contributed by atoms with van der Waals surface area (Å²) >= 11 is 9.26. The van der Waals surface area contributed by atoms with Crippen molar-refractivity contribution in [2.24, 2.45) is 5.92 Å². The fourth-order valence-electron chi connectivity index (χ4n) is 4.81. The molecule has 5 atom stereocenters. The van der Waals surface area contributed by atoms with E-state index < -0.39 is 43.2 Å². The van der Waals surface area contributed by atoms with Crippen molar-refractivity contribution in [2.45, 2.75) is 63.4 Å². The van der Waals surface area contributed by atoms with Crippen LogP contribution in [0.2, 0.25) is 5.02 Å². The molecule has 4 rings (SSSR count). The molecule has 12 nitrogen and oxygen atoms in total. The van der Waals surface area contributed by atoms with E-state index in [2.05, 4.69) is 50.3 Å². The smallest absolute Gasteiger partial charge is 0.259 e. The molecule has 2 fully saturated rings. The lowest BCUT2D eigenvalue weighted by atomic mass is 9.95. The van der Waals surface area contributed by atoms with Gasteiger partial charge in [-0.05, 0) is 64.0 Å². The number of nitrogens with one attached hydrogen (secondary N) is 2. The second-order valence-electron chi connectivity index (χ2n) is 10.4. The van der Waals surface area contributed by atoms with Crippen molar-refractivity contribution in [1.82, 2.24) is 9.88 Å². The molecule has 0 unspecified atom stereocenters. The highest BCUT2D eigenvalue weighted by atomic mass is 79.9. The van der Waals surface area contributed by atoms with Gasteiger partial charge in [-0.1, -0.05) is 27.5 Å². The van der Waals surface area contributed by atoms with E-state index in [0.717, 1.165) is 13.1 Å². The van der Waals surface area contributed by atoms with Crippen molar-refractivity contribution in [2.75, 3.05) is 30.3 Å². The number of likely N-dealkylation sites (tertiary alicyclic amines) is 1. The predicted molar refractivity (Wildman–Crippen MR) is 154 cm³/mol. The van der Waals surface area contributed by atoms with Crippen molar-refractivity contribution in [3.05, 3.63) is 45.5 Å². The third-order valence-electron chi connectivity index (χ3n) is 7.25. The third kappa shape index (κ3) is 7.54. The largest absolute Gasteiger partial charge is 0.460 e. The molecule has 2 amide bonds. The van der Waals surface area contributed by atoms with Crippen LogP contribution in [-0.2, 0) is 9.53 Å². The lowest BCUT2D eigenvalue weighted by Crippen LogP contribution is -2.60. The van der Waals surface area contributed by atoms with Crippen LogP contribution in [0.1, 0.15) is 37.0 Å². The van der Waals surface area contributed by atoms with Gasteiger partial charge in [0, 0.05) is 22.6 Å². The first kappa shape index (κ1) is 31.6. The Labute approximate surface area is 250 Å². The molecular formula is C27H34BrClN4O8. The molecule has 1 aromatic carbocycles. The molecule has 2 aliphatic rings. The fourth-order valence-corrected chi connectivity index (χ4v) is 5.36. The standard InChI is InChI=1S/C27H34BrClN4O8/c1-13(2)33-7-5-14(6-8-33)25(38)32-21-17(26(39)31-20-4-3-16(29)11-30-20)9-15(28)10-18(21)40-27-24(37)23(36)22(35)19(12-34)41-27/h3-4,9-11,13-14,19,22-24,27,34-37H,5-8,12H2,1-2H3,(H,32,38)(H,30,31,39)/t19-,22-,23+,24-,27-/m1/s1. The molecule has 0 aliphatic carbocycles. The first-order valence-corrected chi connectivity index (χ1v) is 14.4. The summed E-state index contributed by atoms with van der Waals surface area (Å²) < 4.78 is 11.8. The van der Waals surface area contributed by atoms with E-state index in [1.807, 2.05) is 0 Å². The average molecular weight is 658 g/mol. The van der Waals surface area contributed by atoms with Crippen LogP contribution in [-0.4, -0.2) is 98.6 Å². The number of aliphatic hydroxyl groups is 4. The quantitative estimate of drug-likeness (QED) is 0.247. The van der Waals surface area contributed by atoms with Gasteiger partial charge >= 0.3 is 0 Å². The molecule has 14 heteroatoms. The number of aliphatic hydroxyl groups excluding tert-OH is 4. The van der Waals surface area contributed by atoms with Gasteiger partial charge in [0.15, 0.2) is 0 Å². The topological polar surface area (TPSA) is 174 Å². The number of nitrogens with zero attached hydrogens (tertiary/aromatic N) is 2. The molecular weight excluding hydrogens is 624 g/mol. The van der Waals surface area contributed by atoms with Gasteiger partial charge in [-0.2, -0.15) is 0 Å². The zero-order valence-corrected chi connectivity index (χ0v) is 24.9. The molecule has 0 saturated carbocycles. The number of rotatable bonds is 8. The summed E-state index contributed by atoms with van der Waals surface area (Å²) in [4.78, 5) is 33.3. The van der Waals surface area contributed by atoms with Gasteiger partial charge < -0.3 is 45.4 Å². The molecule has 3 heterocycles. The van der Waals surface area contributed by atoms with Crippen molar-refractivity contribution < 1.29 is 39.5 Å². The van der Waals surface area contributed by atoms with Crippen LogP contribution >= 0.6 is 27.5 Å². The highest BCUT2D eigenvalue weighted by Crippen LogP contribution is 2.37. The van der Waals surface area contributed by atoms with Gasteiger partial charge in [-0.25, -0.2) is 4.98 Å². The SMILES string of the molecule is CC(C)N1CCC(C(=O)Nc2c(O[C@@H]3O[C@H](CO)[C@@H](O)[C@H](O)[C@H]3O)cc(Br)cc2C(=O)Nc2ccc(Cl)cn2)CC1. The lowest BCUT2D eigenvalue weighted by Gasteiger charge is -2.39. The number of pyridine rings is 1. The summed E-state index contributed by atoms with van der Waals surface area (Å²) in [6.07, 6.45) is -5.10. The maximum atomic E-state index is 13.5. The maximum absolute atomic E-state index is 13.5. The molecule has 2 saturated heterocycles. The van der Waals surface area contributed by atoms with Gasteiger partial charge in [0.2, 0.25) is 12.2 Å². The Bertz CT molecular complexity index is 1230. The number of ether oxygens (including phenoxy) is 2. The number of hydrogen-bond acceptors (Lipinski definition) is 10. The van der Waals surface area contributed by atoms with E-state index in [1.165, 1.54) is 24.4 Å². The second kappa shape index (κ2) is 13.7. The monoisotopic (exact) mass is 656 g/mol. The minimum Gasteiger partial charge on any atom is -0.460 e. The normalized spacial score (nSPS) is 25.6. The average Bonchev–Trinajstić information content (AvgIpc) is 2.95. The summed E-state index contributed by atoms with van der Waals surface area (Å²) in [5, 5.41) is 46.4. The van der Waals surface area contributed by atoms with E-state index in [0.29, 0.717) is 28.4 Å². The van der Waals surface area contributed by atoms with Crippen LogP contribution in [0.25, 0.3) is 0 Å². The van der Waals surface area contributed by atoms with Gasteiger partial charge in [0.1, 0.15) is 36.0 Å². The van der Waals surface area contributed by atoms with Crippen molar-refractivity contribution in [3.8, 4) is 5.75 Å². The van der Waals surface area contributed by atoms with Crippen LogP contribution in [0, 0.1) is 5.92 Å². The van der Waals surface area contributed by atoms with Crippen LogP contribution in [0.15, 0.2) is 34.9 Å². The summed E-state index contributed by atoms with van der Waals surface area (Å²) in [5.74, 6) is -1.08. The van der Waals surface area contributed by atoms with E-state index >= 15 is 0 Å². The van der Waals surface area contributed by atoms with Crippen LogP contribution in [0.5, 0.6) is 5.75 Å². The summed E-state index contributed by atoms with van der Waals surface area (Å²) in [6, 6.07) is 6.40. The molecule has 41 heavy (non-hydrogen) atoms. The number of carbonyl (C=O) groups is 2. The Morgan fingerprint density at radius 2 is 1.85 bits per heavy atom. The first-order valence-electron chi connectivity index (χ1n) is 13.3. The van der Waals surface area contributed by atoms with Crippen LogP contribution < -0.4 is 15.4 Å². The number of carbonyl (C=O) groups excluding carboxylic acids is 2. The van der Waals surface area contributed by atoms with Crippen molar-refractivity contribution >= 4 is 50.9 Å². The first-order chi connectivity index (χ1) is 19.5. The van der Waals surface area contributed by atoms with E-state index in [1.54, 1.807) is 6.07 Å². The lowest BCUT2D eigenvalue weighted by molar-refractivity contribution is -0.277. The van der Waals surface area contributed by atoms with Gasteiger partial charge in [-0.15, -0.1) is 0 Å². The summed E-state index contributed by atoms with van der Waals surface area (Å²) in [7, 11) is 0. The van der Waals surface area contributed by atoms with Crippen LogP contribution in [0.4, 0.5) is 11.5 Å². The van der Waals surface area contributed by atoms with E-state index in [4.69, 9.17) is 21.1 Å². The Morgan fingerprint density at radius 3 is 2.46 bits per heavy atom. The maximum Gasteiger partial charge on any atom is 0.259 e. The number of benzene rings is 1. The summed E-state index contributed by atoms with van der Waals surface area (Å²) in [5.41, 5.74) is 0.0246. The molecule has 1 aromatic heterocycles. The predicted octanol–water partition coefficient (Wildman–Crippen LogP) is 1.99. The number of aromatic nitrogens is 1. The highest BCUT2D eigenvalue weighted by Gasteiger charge is 2.45. The fraction of sp³-hybridized carbons (Fsp3) is 0.519. The van der Waals surface area contributed by atoms with Gasteiger partial charge in [0.05, 0.1) is 22.9 Å². The number of anilines is 2. The molecule has 224 valence electrons. The van der Waals surface area contributed by atoms with Gasteiger partial charge in [0.25, 0.3) is 5.91 Å². The zero-order valence-electron chi connectivity index (χ0n) is 22.5. The van der Waals surface area contributed by atoms with E-state index in [-0.39, 0.29) is 34.6 Å². The molecule has 2 aliphatic heterocycles. The minimum atomic E-state index is -1.70. The van der Waals surface area contributed by atoms with Crippen LogP contribution in [0.3, 0.4) is 0 Å². The summed E-state index contributed by atoms with van der Waals surface area (Å²) in [6.45, 7) is 5.06. The Kier molecular flexibility index (Phi) is 10.6.